The topological polar surface area (TPSA) is 93.3 Å². The van der Waals surface area contributed by atoms with E-state index in [1.54, 1.807) is 19.1 Å². The van der Waals surface area contributed by atoms with Gasteiger partial charge in [-0.05, 0) is 18.9 Å². The summed E-state index contributed by atoms with van der Waals surface area (Å²) in [5, 5.41) is 22.1. The minimum atomic E-state index is -1.07. The van der Waals surface area contributed by atoms with Gasteiger partial charge in [0, 0.05) is 22.9 Å². The lowest BCUT2D eigenvalue weighted by Crippen LogP contribution is -2.03. The van der Waals surface area contributed by atoms with Crippen LogP contribution >= 0.6 is 11.3 Å². The number of rotatable bonds is 5. The SMILES string of the molecule is CCC(c1ccc(C)c([N+](=O)[O-])c1)c1nc(C(=O)O)cs1. The summed E-state index contributed by atoms with van der Waals surface area (Å²) in [6.45, 7) is 3.63. The molecule has 0 bridgehead atoms. The molecule has 0 spiro atoms. The molecule has 2 rings (SSSR count). The van der Waals surface area contributed by atoms with Crippen molar-refractivity contribution in [1.29, 1.82) is 0 Å². The van der Waals surface area contributed by atoms with E-state index in [2.05, 4.69) is 4.98 Å². The Labute approximate surface area is 125 Å². The molecule has 0 aliphatic heterocycles. The highest BCUT2D eigenvalue weighted by Gasteiger charge is 2.21. The fourth-order valence-corrected chi connectivity index (χ4v) is 3.14. The lowest BCUT2D eigenvalue weighted by atomic mass is 9.95. The molecule has 0 radical (unpaired) electrons. The molecular weight excluding hydrogens is 292 g/mol. The maximum atomic E-state index is 11.0. The van der Waals surface area contributed by atoms with Crippen LogP contribution in [0.25, 0.3) is 0 Å². The number of hydrogen-bond donors (Lipinski definition) is 1. The van der Waals surface area contributed by atoms with Crippen LogP contribution in [-0.2, 0) is 0 Å². The molecule has 6 nitrogen and oxygen atoms in total. The van der Waals surface area contributed by atoms with E-state index in [1.807, 2.05) is 13.0 Å². The number of carboxylic acid groups (broad SMARTS) is 1. The number of aromatic carboxylic acids is 1. The summed E-state index contributed by atoms with van der Waals surface area (Å²) in [7, 11) is 0. The molecule has 110 valence electrons. The molecule has 2 aromatic rings. The molecular formula is C14H14N2O4S. The Kier molecular flexibility index (Phi) is 4.32. The Morgan fingerprint density at radius 2 is 2.24 bits per heavy atom. The molecule has 1 aromatic carbocycles. The molecule has 0 aliphatic rings. The van der Waals surface area contributed by atoms with Gasteiger partial charge in [0.15, 0.2) is 5.69 Å². The summed E-state index contributed by atoms with van der Waals surface area (Å²) in [5.41, 5.74) is 1.46. The highest BCUT2D eigenvalue weighted by Crippen LogP contribution is 2.33. The minimum Gasteiger partial charge on any atom is -0.476 e. The number of aromatic nitrogens is 1. The van der Waals surface area contributed by atoms with Gasteiger partial charge >= 0.3 is 5.97 Å². The van der Waals surface area contributed by atoms with Gasteiger partial charge < -0.3 is 5.11 Å². The van der Waals surface area contributed by atoms with E-state index in [0.29, 0.717) is 17.0 Å². The number of nitro benzene ring substituents is 1. The average molecular weight is 306 g/mol. The summed E-state index contributed by atoms with van der Waals surface area (Å²) >= 11 is 1.26. The van der Waals surface area contributed by atoms with Gasteiger partial charge in [-0.1, -0.05) is 19.1 Å². The van der Waals surface area contributed by atoms with Crippen LogP contribution < -0.4 is 0 Å². The predicted octanol–water partition coefficient (Wildman–Crippen LogP) is 3.60. The zero-order chi connectivity index (χ0) is 15.6. The van der Waals surface area contributed by atoms with Crippen LogP contribution in [0.5, 0.6) is 0 Å². The third-order valence-corrected chi connectivity index (χ3v) is 4.24. The smallest absolute Gasteiger partial charge is 0.355 e. The number of hydrogen-bond acceptors (Lipinski definition) is 5. The molecule has 0 saturated carbocycles. The number of carbonyl (C=O) groups is 1. The van der Waals surface area contributed by atoms with E-state index >= 15 is 0 Å². The molecule has 7 heteroatoms. The normalized spacial score (nSPS) is 12.1. The molecule has 1 heterocycles. The molecule has 1 N–H and O–H groups in total. The van der Waals surface area contributed by atoms with Crippen LogP contribution in [0.1, 0.15) is 45.9 Å². The molecule has 0 aliphatic carbocycles. The Morgan fingerprint density at radius 1 is 1.52 bits per heavy atom. The fraction of sp³-hybridized carbons (Fsp3) is 0.286. The molecule has 1 unspecified atom stereocenters. The van der Waals surface area contributed by atoms with Gasteiger partial charge in [-0.15, -0.1) is 11.3 Å². The van der Waals surface area contributed by atoms with Crippen LogP contribution in [0.4, 0.5) is 5.69 Å². The quantitative estimate of drug-likeness (QED) is 0.673. The molecule has 1 atom stereocenters. The number of nitro groups is 1. The number of benzene rings is 1. The second kappa shape index (κ2) is 6.01. The number of thiazole rings is 1. The number of carboxylic acids is 1. The molecule has 0 amide bonds. The van der Waals surface area contributed by atoms with Crippen molar-refractivity contribution in [3.8, 4) is 0 Å². The Balaban J connectivity index is 2.43. The molecule has 0 saturated heterocycles. The maximum Gasteiger partial charge on any atom is 0.355 e. The zero-order valence-corrected chi connectivity index (χ0v) is 12.4. The van der Waals surface area contributed by atoms with E-state index in [4.69, 9.17) is 5.11 Å². The van der Waals surface area contributed by atoms with Crippen LogP contribution in [0.3, 0.4) is 0 Å². The van der Waals surface area contributed by atoms with Crippen molar-refractivity contribution < 1.29 is 14.8 Å². The van der Waals surface area contributed by atoms with Gasteiger partial charge in [0.25, 0.3) is 5.69 Å². The first kappa shape index (κ1) is 15.1. The van der Waals surface area contributed by atoms with Gasteiger partial charge in [-0.2, -0.15) is 0 Å². The largest absolute Gasteiger partial charge is 0.476 e. The van der Waals surface area contributed by atoms with Gasteiger partial charge in [-0.25, -0.2) is 9.78 Å². The van der Waals surface area contributed by atoms with E-state index < -0.39 is 10.9 Å². The van der Waals surface area contributed by atoms with Crippen molar-refractivity contribution in [2.75, 3.05) is 0 Å². The van der Waals surface area contributed by atoms with Crippen molar-refractivity contribution >= 4 is 23.0 Å². The lowest BCUT2D eigenvalue weighted by Gasteiger charge is -2.12. The Bertz CT molecular complexity index is 696. The van der Waals surface area contributed by atoms with Crippen molar-refractivity contribution in [3.63, 3.8) is 0 Å². The number of nitrogens with zero attached hydrogens (tertiary/aromatic N) is 2. The molecule has 1 aromatic heterocycles. The number of aryl methyl sites for hydroxylation is 1. The highest BCUT2D eigenvalue weighted by molar-refractivity contribution is 7.10. The Hall–Kier alpha value is -2.28. The molecule has 21 heavy (non-hydrogen) atoms. The van der Waals surface area contributed by atoms with Crippen molar-refractivity contribution in [2.24, 2.45) is 0 Å². The van der Waals surface area contributed by atoms with E-state index in [0.717, 1.165) is 5.56 Å². The third-order valence-electron chi connectivity index (χ3n) is 3.28. The fourth-order valence-electron chi connectivity index (χ4n) is 2.14. The average Bonchev–Trinajstić information content (AvgIpc) is 2.91. The van der Waals surface area contributed by atoms with E-state index in [1.165, 1.54) is 16.7 Å². The van der Waals surface area contributed by atoms with Gasteiger partial charge in [0.1, 0.15) is 5.01 Å². The predicted molar refractivity (Wildman–Crippen MR) is 79.0 cm³/mol. The first-order valence-electron chi connectivity index (χ1n) is 6.37. The van der Waals surface area contributed by atoms with Gasteiger partial charge in [-0.3, -0.25) is 10.1 Å². The third kappa shape index (κ3) is 3.08. The second-order valence-corrected chi connectivity index (χ2v) is 5.53. The minimum absolute atomic E-state index is 0.00932. The van der Waals surface area contributed by atoms with Crippen LogP contribution in [0.15, 0.2) is 23.6 Å². The highest BCUT2D eigenvalue weighted by atomic mass is 32.1. The van der Waals surface area contributed by atoms with Crippen LogP contribution in [-0.4, -0.2) is 21.0 Å². The van der Waals surface area contributed by atoms with Crippen LogP contribution in [0.2, 0.25) is 0 Å². The first-order chi connectivity index (χ1) is 9.93. The van der Waals surface area contributed by atoms with Crippen molar-refractivity contribution in [2.45, 2.75) is 26.2 Å². The van der Waals surface area contributed by atoms with Crippen LogP contribution in [0, 0.1) is 17.0 Å². The summed E-state index contributed by atoms with van der Waals surface area (Å²) in [6, 6.07) is 5.09. The summed E-state index contributed by atoms with van der Waals surface area (Å²) in [6.07, 6.45) is 0.687. The second-order valence-electron chi connectivity index (χ2n) is 4.64. The van der Waals surface area contributed by atoms with E-state index in [-0.39, 0.29) is 17.3 Å². The van der Waals surface area contributed by atoms with E-state index in [9.17, 15) is 14.9 Å². The first-order valence-corrected chi connectivity index (χ1v) is 7.25. The molecule has 0 fully saturated rings. The zero-order valence-electron chi connectivity index (χ0n) is 11.6. The lowest BCUT2D eigenvalue weighted by molar-refractivity contribution is -0.385. The van der Waals surface area contributed by atoms with Crippen molar-refractivity contribution in [1.82, 2.24) is 4.98 Å². The van der Waals surface area contributed by atoms with Gasteiger partial charge in [0.2, 0.25) is 0 Å². The summed E-state index contributed by atoms with van der Waals surface area (Å²) in [5.74, 6) is -1.20. The Morgan fingerprint density at radius 3 is 2.76 bits per heavy atom. The van der Waals surface area contributed by atoms with Gasteiger partial charge in [0.05, 0.1) is 4.92 Å². The maximum absolute atomic E-state index is 11.0. The van der Waals surface area contributed by atoms with Crippen molar-refractivity contribution in [3.05, 3.63) is 55.5 Å². The summed E-state index contributed by atoms with van der Waals surface area (Å²) in [4.78, 5) is 25.6. The summed E-state index contributed by atoms with van der Waals surface area (Å²) < 4.78 is 0. The monoisotopic (exact) mass is 306 g/mol. The standard InChI is InChI=1S/C14H14N2O4S/c1-3-10(13-15-11(7-21-13)14(17)18)9-5-4-8(2)12(6-9)16(19)20/h4-7,10H,3H2,1-2H3,(H,17,18).